The van der Waals surface area contributed by atoms with Crippen LogP contribution in [0.25, 0.3) is 66.1 Å². The summed E-state index contributed by atoms with van der Waals surface area (Å²) in [4.78, 5) is 18.9. The number of rotatable bonds is 2. The normalized spacial score (nSPS) is 11.5. The number of fused-ring (bicyclic) bond motifs is 6. The molecule has 7 rings (SSSR count). The Morgan fingerprint density at radius 2 is 1.18 bits per heavy atom. The standard InChI is InChI=1S/C30H18N4/c1-2-6-24-19(4-1)7-10-22-18-23(11-13-25(22)24)30-32-17-15-27(34-30)26-14-12-21-9-8-20-5-3-16-31-28(20)29(21)33-26/h1-18H. The second-order valence-corrected chi connectivity index (χ2v) is 8.40. The van der Waals surface area contributed by atoms with Crippen molar-refractivity contribution in [3.8, 4) is 22.8 Å². The lowest BCUT2D eigenvalue weighted by molar-refractivity contribution is 1.17. The van der Waals surface area contributed by atoms with Crippen LogP contribution in [0.5, 0.6) is 0 Å². The van der Waals surface area contributed by atoms with Gasteiger partial charge in [-0.15, -0.1) is 0 Å². The molecule has 0 amide bonds. The molecule has 0 atom stereocenters. The average molecular weight is 435 g/mol. The van der Waals surface area contributed by atoms with Gasteiger partial charge in [0, 0.05) is 28.7 Å². The van der Waals surface area contributed by atoms with Gasteiger partial charge in [-0.2, -0.15) is 0 Å². The van der Waals surface area contributed by atoms with Gasteiger partial charge >= 0.3 is 0 Å². The van der Waals surface area contributed by atoms with Crippen LogP contribution in [0.2, 0.25) is 0 Å². The van der Waals surface area contributed by atoms with Crippen molar-refractivity contribution in [1.82, 2.24) is 19.9 Å². The van der Waals surface area contributed by atoms with Crippen LogP contribution in [0.15, 0.2) is 109 Å². The van der Waals surface area contributed by atoms with Crippen LogP contribution in [0.4, 0.5) is 0 Å². The van der Waals surface area contributed by atoms with Crippen LogP contribution < -0.4 is 0 Å². The molecule has 4 nitrogen and oxygen atoms in total. The van der Waals surface area contributed by atoms with Gasteiger partial charge in [0.05, 0.1) is 22.4 Å². The van der Waals surface area contributed by atoms with Gasteiger partial charge in [0.15, 0.2) is 5.82 Å². The maximum absolute atomic E-state index is 4.94. The third kappa shape index (κ3) is 3.00. The highest BCUT2D eigenvalue weighted by molar-refractivity contribution is 6.08. The van der Waals surface area contributed by atoms with E-state index in [0.29, 0.717) is 5.82 Å². The first-order chi connectivity index (χ1) is 16.8. The molecule has 4 aromatic carbocycles. The topological polar surface area (TPSA) is 51.6 Å². The molecule has 0 aliphatic rings. The van der Waals surface area contributed by atoms with Crippen molar-refractivity contribution in [2.75, 3.05) is 0 Å². The van der Waals surface area contributed by atoms with Crippen molar-refractivity contribution < 1.29 is 0 Å². The summed E-state index contributed by atoms with van der Waals surface area (Å²) < 4.78 is 0. The van der Waals surface area contributed by atoms with Gasteiger partial charge in [-0.3, -0.25) is 4.98 Å². The molecule has 0 aliphatic heterocycles. The molecule has 4 heteroatoms. The highest BCUT2D eigenvalue weighted by Crippen LogP contribution is 2.30. The highest BCUT2D eigenvalue weighted by atomic mass is 14.9. The average Bonchev–Trinajstić information content (AvgIpc) is 2.92. The number of nitrogens with zero attached hydrogens (tertiary/aromatic N) is 4. The summed E-state index contributed by atoms with van der Waals surface area (Å²) in [6.45, 7) is 0. The van der Waals surface area contributed by atoms with Crippen LogP contribution in [-0.2, 0) is 0 Å². The second-order valence-electron chi connectivity index (χ2n) is 8.40. The van der Waals surface area contributed by atoms with E-state index in [1.165, 1.54) is 21.5 Å². The predicted octanol–water partition coefficient (Wildman–Crippen LogP) is 7.21. The molecule has 0 N–H and O–H groups in total. The minimum absolute atomic E-state index is 0.686. The number of hydrogen-bond donors (Lipinski definition) is 0. The van der Waals surface area contributed by atoms with Gasteiger partial charge in [-0.05, 0) is 45.8 Å². The van der Waals surface area contributed by atoms with Crippen molar-refractivity contribution in [2.45, 2.75) is 0 Å². The molecule has 0 bridgehead atoms. The molecular formula is C30H18N4. The molecule has 3 heterocycles. The van der Waals surface area contributed by atoms with Crippen LogP contribution in [0.1, 0.15) is 0 Å². The zero-order chi connectivity index (χ0) is 22.5. The molecule has 3 aromatic heterocycles. The lowest BCUT2D eigenvalue weighted by Gasteiger charge is -2.08. The van der Waals surface area contributed by atoms with E-state index >= 15 is 0 Å². The molecule has 0 saturated heterocycles. The summed E-state index contributed by atoms with van der Waals surface area (Å²) in [5, 5.41) is 7.03. The number of pyridine rings is 2. The summed E-state index contributed by atoms with van der Waals surface area (Å²) in [6, 6.07) is 33.4. The molecule has 0 spiro atoms. The lowest BCUT2D eigenvalue weighted by Crippen LogP contribution is -1.94. The van der Waals surface area contributed by atoms with Crippen molar-refractivity contribution in [3.05, 3.63) is 109 Å². The SMILES string of the molecule is c1ccc2c(c1)ccc1cc(-c3nccc(-c4ccc5ccc6cccnc6c5n4)n3)ccc12. The van der Waals surface area contributed by atoms with Crippen LogP contribution in [0, 0.1) is 0 Å². The maximum atomic E-state index is 4.94. The smallest absolute Gasteiger partial charge is 0.159 e. The third-order valence-corrected chi connectivity index (χ3v) is 6.35. The van der Waals surface area contributed by atoms with Crippen molar-refractivity contribution in [1.29, 1.82) is 0 Å². The number of benzene rings is 4. The van der Waals surface area contributed by atoms with Crippen molar-refractivity contribution >= 4 is 43.4 Å². The summed E-state index contributed by atoms with van der Waals surface area (Å²) >= 11 is 0. The fourth-order valence-electron chi connectivity index (χ4n) is 4.66. The summed E-state index contributed by atoms with van der Waals surface area (Å²) in [5.41, 5.74) is 4.36. The summed E-state index contributed by atoms with van der Waals surface area (Å²) in [6.07, 6.45) is 3.61. The quantitative estimate of drug-likeness (QED) is 0.270. The highest BCUT2D eigenvalue weighted by Gasteiger charge is 2.10. The molecule has 34 heavy (non-hydrogen) atoms. The van der Waals surface area contributed by atoms with E-state index in [2.05, 4.69) is 88.8 Å². The molecule has 7 aromatic rings. The van der Waals surface area contributed by atoms with Gasteiger partial charge in [0.2, 0.25) is 0 Å². The zero-order valence-electron chi connectivity index (χ0n) is 18.2. The fourth-order valence-corrected chi connectivity index (χ4v) is 4.66. The molecule has 158 valence electrons. The summed E-state index contributed by atoms with van der Waals surface area (Å²) in [5.74, 6) is 0.686. The Kier molecular flexibility index (Phi) is 4.11. The first-order valence-corrected chi connectivity index (χ1v) is 11.2. The van der Waals surface area contributed by atoms with Crippen molar-refractivity contribution in [3.63, 3.8) is 0 Å². The first kappa shape index (κ1) is 18.8. The van der Waals surface area contributed by atoms with Crippen molar-refractivity contribution in [2.24, 2.45) is 0 Å². The molecule has 0 unspecified atom stereocenters. The van der Waals surface area contributed by atoms with E-state index in [-0.39, 0.29) is 0 Å². The molecule has 0 aliphatic carbocycles. The number of hydrogen-bond acceptors (Lipinski definition) is 4. The maximum Gasteiger partial charge on any atom is 0.159 e. The summed E-state index contributed by atoms with van der Waals surface area (Å²) in [7, 11) is 0. The lowest BCUT2D eigenvalue weighted by atomic mass is 10.00. The monoisotopic (exact) mass is 434 g/mol. The molecule has 0 saturated carbocycles. The molecule has 0 fully saturated rings. The zero-order valence-corrected chi connectivity index (χ0v) is 18.2. The minimum Gasteiger partial charge on any atom is -0.254 e. The van der Waals surface area contributed by atoms with E-state index in [4.69, 9.17) is 9.97 Å². The van der Waals surface area contributed by atoms with E-state index in [1.54, 1.807) is 6.20 Å². The Balaban J connectivity index is 1.35. The second kappa shape index (κ2) is 7.42. The fraction of sp³-hybridized carbons (Fsp3) is 0. The Bertz CT molecular complexity index is 1870. The predicted molar refractivity (Wildman–Crippen MR) is 139 cm³/mol. The van der Waals surface area contributed by atoms with E-state index in [1.807, 2.05) is 24.4 Å². The molecular weight excluding hydrogens is 416 g/mol. The number of aromatic nitrogens is 4. The van der Waals surface area contributed by atoms with Gasteiger partial charge in [-0.1, -0.05) is 72.8 Å². The Morgan fingerprint density at radius 3 is 2.15 bits per heavy atom. The van der Waals surface area contributed by atoms with Gasteiger partial charge in [0.1, 0.15) is 0 Å². The minimum atomic E-state index is 0.686. The van der Waals surface area contributed by atoms with Crippen LogP contribution in [0.3, 0.4) is 0 Å². The third-order valence-electron chi connectivity index (χ3n) is 6.35. The van der Waals surface area contributed by atoms with Crippen LogP contribution in [-0.4, -0.2) is 19.9 Å². The van der Waals surface area contributed by atoms with E-state index < -0.39 is 0 Å². The van der Waals surface area contributed by atoms with Crippen LogP contribution >= 0.6 is 0 Å². The first-order valence-electron chi connectivity index (χ1n) is 11.2. The Hall–Kier alpha value is -4.70. The largest absolute Gasteiger partial charge is 0.254 e. The molecule has 0 radical (unpaired) electrons. The van der Waals surface area contributed by atoms with Gasteiger partial charge < -0.3 is 0 Å². The van der Waals surface area contributed by atoms with Gasteiger partial charge in [0.25, 0.3) is 0 Å². The Morgan fingerprint density at radius 1 is 0.441 bits per heavy atom. The Labute approximate surface area is 195 Å². The van der Waals surface area contributed by atoms with E-state index in [9.17, 15) is 0 Å². The van der Waals surface area contributed by atoms with E-state index in [0.717, 1.165) is 38.8 Å². The van der Waals surface area contributed by atoms with Gasteiger partial charge in [-0.25, -0.2) is 15.0 Å².